The Kier molecular flexibility index (Phi) is 9.45. The van der Waals surface area contributed by atoms with Crippen LogP contribution >= 0.6 is 15.9 Å². The molecule has 3 aliphatic rings. The maximum atomic E-state index is 6.63. The molecule has 3 aliphatic heterocycles. The van der Waals surface area contributed by atoms with Crippen molar-refractivity contribution >= 4 is 15.9 Å². The fourth-order valence-electron chi connectivity index (χ4n) is 5.94. The minimum Gasteiger partial charge on any atom is -0.377 e. The third-order valence-corrected chi connectivity index (χ3v) is 7.79. The van der Waals surface area contributed by atoms with Gasteiger partial charge in [-0.3, -0.25) is 0 Å². The van der Waals surface area contributed by atoms with Crippen LogP contribution in [0.4, 0.5) is 0 Å². The Morgan fingerprint density at radius 2 is 1.35 bits per heavy atom. The van der Waals surface area contributed by atoms with Crippen LogP contribution in [0.25, 0.3) is 0 Å². The number of ether oxygens (including phenoxy) is 7. The molecule has 4 rings (SSSR count). The van der Waals surface area contributed by atoms with Crippen LogP contribution < -0.4 is 0 Å². The third-order valence-electron chi connectivity index (χ3n) is 7.07. The molecule has 3 heterocycles. The first-order valence-electron chi connectivity index (χ1n) is 13.6. The number of halogens is 1. The van der Waals surface area contributed by atoms with Crippen LogP contribution in [0.1, 0.15) is 79.2 Å². The Bertz CT molecular complexity index is 861. The maximum absolute atomic E-state index is 6.63. The fraction of sp³-hybridized carbons (Fsp3) is 0.793. The van der Waals surface area contributed by atoms with E-state index in [1.165, 1.54) is 5.56 Å². The van der Waals surface area contributed by atoms with E-state index in [9.17, 15) is 0 Å². The van der Waals surface area contributed by atoms with Gasteiger partial charge in [-0.05, 0) is 53.5 Å². The van der Waals surface area contributed by atoms with Crippen molar-refractivity contribution in [1.29, 1.82) is 0 Å². The second-order valence-electron chi connectivity index (χ2n) is 12.1. The predicted octanol–water partition coefficient (Wildman–Crippen LogP) is 6.11. The molecule has 3 saturated heterocycles. The Morgan fingerprint density at radius 1 is 0.784 bits per heavy atom. The van der Waals surface area contributed by atoms with Crippen molar-refractivity contribution < 1.29 is 33.2 Å². The van der Waals surface area contributed by atoms with Gasteiger partial charge in [0.05, 0.1) is 43.2 Å². The first-order valence-corrected chi connectivity index (χ1v) is 14.7. The van der Waals surface area contributed by atoms with Crippen LogP contribution in [0.2, 0.25) is 0 Å². The molecule has 7 nitrogen and oxygen atoms in total. The van der Waals surface area contributed by atoms with Crippen molar-refractivity contribution in [3.63, 3.8) is 0 Å². The monoisotopic (exact) mass is 584 g/mol. The number of alkyl halides is 1. The normalized spacial score (nSPS) is 34.9. The topological polar surface area (TPSA) is 64.6 Å². The molecular formula is C29H45BrO7. The van der Waals surface area contributed by atoms with Crippen LogP contribution in [-0.2, 0) is 39.8 Å². The van der Waals surface area contributed by atoms with Gasteiger partial charge in [0.2, 0.25) is 0 Å². The van der Waals surface area contributed by atoms with Gasteiger partial charge in [0.25, 0.3) is 0 Å². The summed E-state index contributed by atoms with van der Waals surface area (Å²) in [5.74, 6) is -1.97. The summed E-state index contributed by atoms with van der Waals surface area (Å²) in [6.45, 7) is 13.6. The van der Waals surface area contributed by atoms with E-state index in [1.807, 2.05) is 59.7 Å². The highest BCUT2D eigenvalue weighted by molar-refractivity contribution is 9.09. The van der Waals surface area contributed by atoms with Crippen molar-refractivity contribution in [3.05, 3.63) is 35.9 Å². The van der Waals surface area contributed by atoms with Crippen LogP contribution in [0.15, 0.2) is 30.3 Å². The molecule has 1 unspecified atom stereocenters. The molecule has 0 radical (unpaired) electrons. The first-order chi connectivity index (χ1) is 17.4. The van der Waals surface area contributed by atoms with E-state index in [4.69, 9.17) is 33.2 Å². The van der Waals surface area contributed by atoms with E-state index in [0.717, 1.165) is 31.0 Å². The minimum absolute atomic E-state index is 0.00108. The van der Waals surface area contributed by atoms with Crippen LogP contribution in [0.3, 0.4) is 0 Å². The van der Waals surface area contributed by atoms with E-state index >= 15 is 0 Å². The summed E-state index contributed by atoms with van der Waals surface area (Å²) >= 11 is 3.59. The van der Waals surface area contributed by atoms with Gasteiger partial charge in [0, 0.05) is 37.6 Å². The summed E-state index contributed by atoms with van der Waals surface area (Å²) in [5, 5.41) is 0.775. The summed E-state index contributed by atoms with van der Waals surface area (Å²) in [4.78, 5) is 0. The van der Waals surface area contributed by atoms with Crippen LogP contribution in [-0.4, -0.2) is 65.9 Å². The van der Waals surface area contributed by atoms with E-state index in [0.29, 0.717) is 26.2 Å². The largest absolute Gasteiger partial charge is 0.377 e. The molecule has 210 valence electrons. The number of benzene rings is 1. The highest BCUT2D eigenvalue weighted by Gasteiger charge is 2.51. The van der Waals surface area contributed by atoms with Crippen molar-refractivity contribution in [2.75, 3.05) is 18.5 Å². The van der Waals surface area contributed by atoms with Crippen molar-refractivity contribution in [1.82, 2.24) is 0 Å². The molecule has 0 saturated carbocycles. The molecule has 1 aromatic rings. The van der Waals surface area contributed by atoms with Gasteiger partial charge in [-0.15, -0.1) is 0 Å². The lowest BCUT2D eigenvalue weighted by atomic mass is 9.86. The Hall–Kier alpha value is -0.580. The van der Waals surface area contributed by atoms with Crippen LogP contribution in [0.5, 0.6) is 0 Å². The summed E-state index contributed by atoms with van der Waals surface area (Å²) < 4.78 is 43.8. The summed E-state index contributed by atoms with van der Waals surface area (Å²) in [6.07, 6.45) is 3.96. The average Bonchev–Trinajstić information content (AvgIpc) is 3.08. The van der Waals surface area contributed by atoms with Crippen molar-refractivity contribution in [2.24, 2.45) is 0 Å². The van der Waals surface area contributed by atoms with Gasteiger partial charge < -0.3 is 33.2 Å². The average molecular weight is 586 g/mol. The van der Waals surface area contributed by atoms with Gasteiger partial charge in [0.15, 0.2) is 17.4 Å². The lowest BCUT2D eigenvalue weighted by Gasteiger charge is -2.46. The molecule has 0 aliphatic carbocycles. The Balaban J connectivity index is 1.39. The summed E-state index contributed by atoms with van der Waals surface area (Å²) in [7, 11) is 0. The lowest BCUT2D eigenvalue weighted by Crippen LogP contribution is -2.52. The summed E-state index contributed by atoms with van der Waals surface area (Å²) in [5.41, 5.74) is 0.669. The number of hydrogen-bond acceptors (Lipinski definition) is 7. The number of hydrogen-bond donors (Lipinski definition) is 0. The molecule has 8 heteroatoms. The van der Waals surface area contributed by atoms with Crippen LogP contribution in [0, 0.1) is 0 Å². The molecule has 5 atom stereocenters. The highest BCUT2D eigenvalue weighted by Crippen LogP contribution is 2.43. The zero-order valence-corrected chi connectivity index (χ0v) is 24.9. The highest BCUT2D eigenvalue weighted by atomic mass is 79.9. The predicted molar refractivity (Wildman–Crippen MR) is 144 cm³/mol. The molecule has 0 amide bonds. The smallest absolute Gasteiger partial charge is 0.163 e. The standard InChI is InChI=1S/C29H45BrO7/c1-26(2)32-20-29(37-26,17-24-15-25(18-30)36-28(5,6)35-24)16-23-14-22(33-27(3,4)34-23)12-13-31-19-21-10-8-7-9-11-21/h7-11,22-25H,12-20H2,1-6H3/t22-,23+,24-,25-,29?/m1/s1. The molecule has 0 aromatic heterocycles. The van der Waals surface area contributed by atoms with Gasteiger partial charge in [-0.25, -0.2) is 0 Å². The van der Waals surface area contributed by atoms with Gasteiger partial charge in [-0.1, -0.05) is 46.3 Å². The second-order valence-corrected chi connectivity index (χ2v) is 12.7. The van der Waals surface area contributed by atoms with Crippen molar-refractivity contribution in [2.45, 2.75) is 128 Å². The van der Waals surface area contributed by atoms with E-state index in [2.05, 4.69) is 28.1 Å². The number of rotatable bonds is 10. The lowest BCUT2D eigenvalue weighted by molar-refractivity contribution is -0.315. The maximum Gasteiger partial charge on any atom is 0.163 e. The zero-order chi connectivity index (χ0) is 26.7. The molecule has 0 bridgehead atoms. The van der Waals surface area contributed by atoms with Crippen molar-refractivity contribution in [3.8, 4) is 0 Å². The fourth-order valence-corrected chi connectivity index (χ4v) is 6.34. The third kappa shape index (κ3) is 8.70. The second kappa shape index (κ2) is 11.9. The molecule has 3 fully saturated rings. The first kappa shape index (κ1) is 29.4. The SMILES string of the molecule is CC1(C)O[C@@H](CC2(C[C@@H]3C[C@@H](CCOCc4ccccc4)OC(C)(C)O3)COC(C)(C)O2)C[C@H](CBr)O1. The Labute approximate surface area is 230 Å². The quantitative estimate of drug-likeness (QED) is 0.243. The van der Waals surface area contributed by atoms with Gasteiger partial charge >= 0.3 is 0 Å². The minimum atomic E-state index is -0.679. The van der Waals surface area contributed by atoms with E-state index < -0.39 is 23.0 Å². The molecular weight excluding hydrogens is 540 g/mol. The molecule has 1 aromatic carbocycles. The summed E-state index contributed by atoms with van der Waals surface area (Å²) in [6, 6.07) is 10.2. The van der Waals surface area contributed by atoms with Gasteiger partial charge in [0.1, 0.15) is 0 Å². The molecule has 37 heavy (non-hydrogen) atoms. The van der Waals surface area contributed by atoms with E-state index in [1.54, 1.807) is 0 Å². The molecule has 0 spiro atoms. The Morgan fingerprint density at radius 3 is 1.92 bits per heavy atom. The zero-order valence-electron chi connectivity index (χ0n) is 23.3. The van der Waals surface area contributed by atoms with E-state index in [-0.39, 0.29) is 24.4 Å². The van der Waals surface area contributed by atoms with Gasteiger partial charge in [-0.2, -0.15) is 0 Å². The molecule has 0 N–H and O–H groups in total.